The van der Waals surface area contributed by atoms with E-state index in [1.165, 1.54) is 33.3 Å². The van der Waals surface area contributed by atoms with Gasteiger partial charge in [-0.25, -0.2) is 0 Å². The van der Waals surface area contributed by atoms with Gasteiger partial charge in [0.1, 0.15) is 6.29 Å². The first kappa shape index (κ1) is 19.3. The van der Waals surface area contributed by atoms with Gasteiger partial charge >= 0.3 is 0 Å². The van der Waals surface area contributed by atoms with Crippen LogP contribution in [0.4, 0.5) is 0 Å². The number of hydrogen-bond acceptors (Lipinski definition) is 2. The fourth-order valence-electron chi connectivity index (χ4n) is 3.80. The molecule has 0 radical (unpaired) electrons. The number of fused-ring (bicyclic) bond motifs is 1. The van der Waals surface area contributed by atoms with E-state index in [1.54, 1.807) is 0 Å². The number of benzene rings is 2. The minimum atomic E-state index is 0.424. The summed E-state index contributed by atoms with van der Waals surface area (Å²) in [6, 6.07) is 17.6. The lowest BCUT2D eigenvalue weighted by Gasteiger charge is -2.15. The normalized spacial score (nSPS) is 12.3. The van der Waals surface area contributed by atoms with Gasteiger partial charge in [-0.1, -0.05) is 57.2 Å². The Hall–Kier alpha value is -2.48. The van der Waals surface area contributed by atoms with Crippen molar-refractivity contribution in [3.63, 3.8) is 0 Å². The van der Waals surface area contributed by atoms with Gasteiger partial charge in [0.05, 0.1) is 5.52 Å². The summed E-state index contributed by atoms with van der Waals surface area (Å²) in [5.41, 5.74) is 7.59. The summed E-state index contributed by atoms with van der Waals surface area (Å²) in [6.07, 6.45) is 5.41. The largest absolute Gasteiger partial charge is 0.303 e. The maximum atomic E-state index is 10.6. The van der Waals surface area contributed by atoms with Crippen molar-refractivity contribution in [1.29, 1.82) is 0 Å². The Morgan fingerprint density at radius 2 is 1.81 bits per heavy atom. The van der Waals surface area contributed by atoms with Crippen molar-refractivity contribution in [2.24, 2.45) is 0 Å². The number of rotatable bonds is 8. The van der Waals surface area contributed by atoms with Crippen molar-refractivity contribution in [1.82, 2.24) is 4.98 Å². The maximum Gasteiger partial charge on any atom is 0.120 e. The summed E-state index contributed by atoms with van der Waals surface area (Å²) in [4.78, 5) is 15.5. The number of aryl methyl sites for hydroxylation is 3. The second-order valence-electron chi connectivity index (χ2n) is 7.38. The summed E-state index contributed by atoms with van der Waals surface area (Å²) >= 11 is 0. The predicted molar refractivity (Wildman–Crippen MR) is 113 cm³/mol. The first-order valence-electron chi connectivity index (χ1n) is 10.1. The molecule has 0 aliphatic heterocycles. The molecule has 0 fully saturated rings. The van der Waals surface area contributed by atoms with Gasteiger partial charge in [0.15, 0.2) is 0 Å². The molecule has 140 valence electrons. The molecule has 1 atom stereocenters. The van der Waals surface area contributed by atoms with Crippen LogP contribution in [0.3, 0.4) is 0 Å². The third kappa shape index (κ3) is 4.63. The molecule has 0 N–H and O–H groups in total. The zero-order chi connectivity index (χ0) is 19.2. The van der Waals surface area contributed by atoms with E-state index in [0.29, 0.717) is 12.3 Å². The van der Waals surface area contributed by atoms with Crippen molar-refractivity contribution < 1.29 is 4.79 Å². The highest BCUT2D eigenvalue weighted by molar-refractivity contribution is 5.80. The van der Waals surface area contributed by atoms with Gasteiger partial charge in [0.2, 0.25) is 0 Å². The Bertz CT molecular complexity index is 929. The first-order valence-corrected chi connectivity index (χ1v) is 10.1. The Balaban J connectivity index is 1.83. The van der Waals surface area contributed by atoms with Gasteiger partial charge in [-0.05, 0) is 66.0 Å². The lowest BCUT2D eigenvalue weighted by atomic mass is 9.91. The van der Waals surface area contributed by atoms with Gasteiger partial charge in [-0.15, -0.1) is 0 Å². The van der Waals surface area contributed by atoms with E-state index in [-0.39, 0.29) is 0 Å². The van der Waals surface area contributed by atoms with E-state index in [4.69, 9.17) is 4.98 Å². The monoisotopic (exact) mass is 359 g/mol. The van der Waals surface area contributed by atoms with Gasteiger partial charge in [0.25, 0.3) is 0 Å². The van der Waals surface area contributed by atoms with E-state index >= 15 is 0 Å². The number of carbonyl (C=O) groups excluding carboxylic acids is 1. The molecule has 1 aromatic heterocycles. The summed E-state index contributed by atoms with van der Waals surface area (Å²) in [5, 5.41) is 1.23. The zero-order valence-electron chi connectivity index (χ0n) is 16.7. The highest BCUT2D eigenvalue weighted by Crippen LogP contribution is 2.26. The number of nitrogens with zero attached hydrogens (tertiary/aromatic N) is 1. The molecule has 0 bridgehead atoms. The fourth-order valence-corrected chi connectivity index (χ4v) is 3.80. The molecule has 2 heteroatoms. The second-order valence-corrected chi connectivity index (χ2v) is 7.38. The molecule has 1 unspecified atom stereocenters. The summed E-state index contributed by atoms with van der Waals surface area (Å²) in [7, 11) is 0. The van der Waals surface area contributed by atoms with Crippen molar-refractivity contribution in [2.45, 2.75) is 58.8 Å². The predicted octanol–water partition coefficient (Wildman–Crippen LogP) is 5.84. The van der Waals surface area contributed by atoms with E-state index in [0.717, 1.165) is 37.5 Å². The van der Waals surface area contributed by atoms with Crippen molar-refractivity contribution in [2.75, 3.05) is 0 Å². The van der Waals surface area contributed by atoms with Gasteiger partial charge < -0.3 is 4.79 Å². The Kier molecular flexibility index (Phi) is 6.39. The van der Waals surface area contributed by atoms with Crippen molar-refractivity contribution in [3.05, 3.63) is 76.5 Å². The van der Waals surface area contributed by atoms with E-state index < -0.39 is 0 Å². The quantitative estimate of drug-likeness (QED) is 0.473. The molecule has 3 aromatic rings. The average Bonchev–Trinajstić information content (AvgIpc) is 2.70. The molecule has 3 rings (SSSR count). The first-order chi connectivity index (χ1) is 13.1. The summed E-state index contributed by atoms with van der Waals surface area (Å²) in [5.74, 6) is 0.424. The fraction of sp³-hybridized carbons (Fsp3) is 0.360. The lowest BCUT2D eigenvalue weighted by Crippen LogP contribution is -2.01. The van der Waals surface area contributed by atoms with E-state index in [9.17, 15) is 4.79 Å². The molecule has 0 aliphatic carbocycles. The van der Waals surface area contributed by atoms with Crippen molar-refractivity contribution >= 4 is 17.2 Å². The Morgan fingerprint density at radius 1 is 1.00 bits per heavy atom. The van der Waals surface area contributed by atoms with Crippen LogP contribution >= 0.6 is 0 Å². The molecule has 2 aromatic carbocycles. The minimum absolute atomic E-state index is 0.424. The molecular weight excluding hydrogens is 330 g/mol. The molecule has 0 amide bonds. The number of aldehydes is 1. The van der Waals surface area contributed by atoms with Gasteiger partial charge in [-0.2, -0.15) is 0 Å². The SMILES string of the molecule is CCc1cc2ccc(C(C)Cc3cccc(CCC=O)c3)cc2nc1CC. The van der Waals surface area contributed by atoms with Crippen LogP contribution in [0.2, 0.25) is 0 Å². The third-order valence-electron chi connectivity index (χ3n) is 5.38. The van der Waals surface area contributed by atoms with Gasteiger partial charge in [0, 0.05) is 17.5 Å². The number of hydrogen-bond donors (Lipinski definition) is 0. The molecule has 27 heavy (non-hydrogen) atoms. The number of carbonyl (C=O) groups is 1. The van der Waals surface area contributed by atoms with E-state index in [1.807, 2.05) is 0 Å². The Morgan fingerprint density at radius 3 is 2.56 bits per heavy atom. The molecule has 0 aliphatic rings. The molecule has 0 spiro atoms. The van der Waals surface area contributed by atoms with Crippen LogP contribution in [0.25, 0.3) is 10.9 Å². The molecule has 0 saturated heterocycles. The second kappa shape index (κ2) is 8.94. The van der Waals surface area contributed by atoms with Crippen LogP contribution in [-0.4, -0.2) is 11.3 Å². The van der Waals surface area contributed by atoms with Crippen molar-refractivity contribution in [3.8, 4) is 0 Å². The number of aromatic nitrogens is 1. The maximum absolute atomic E-state index is 10.6. The smallest absolute Gasteiger partial charge is 0.120 e. The highest BCUT2D eigenvalue weighted by Gasteiger charge is 2.10. The van der Waals surface area contributed by atoms with Crippen LogP contribution in [0.1, 0.15) is 61.1 Å². The molecule has 2 nitrogen and oxygen atoms in total. The molecule has 0 saturated carbocycles. The Labute approximate surface area is 162 Å². The summed E-state index contributed by atoms with van der Waals surface area (Å²) in [6.45, 7) is 6.65. The summed E-state index contributed by atoms with van der Waals surface area (Å²) < 4.78 is 0. The zero-order valence-corrected chi connectivity index (χ0v) is 16.7. The van der Waals surface area contributed by atoms with Crippen LogP contribution in [0.15, 0.2) is 48.5 Å². The lowest BCUT2D eigenvalue weighted by molar-refractivity contribution is -0.107. The van der Waals surface area contributed by atoms with Gasteiger partial charge in [-0.3, -0.25) is 4.98 Å². The van der Waals surface area contributed by atoms with Crippen LogP contribution in [0, 0.1) is 0 Å². The van der Waals surface area contributed by atoms with Crippen LogP contribution in [0.5, 0.6) is 0 Å². The molecular formula is C25H29NO. The van der Waals surface area contributed by atoms with E-state index in [2.05, 4.69) is 69.3 Å². The highest BCUT2D eigenvalue weighted by atomic mass is 16.1. The van der Waals surface area contributed by atoms with Crippen LogP contribution in [-0.2, 0) is 30.5 Å². The standard InChI is InChI=1S/C25H29NO/c1-4-21-16-23-12-11-22(17-25(23)26-24(21)5-2)18(3)14-20-9-6-8-19(15-20)10-7-13-27/h6,8-9,11-13,15-18H,4-5,7,10,14H2,1-3H3. The van der Waals surface area contributed by atoms with Crippen LogP contribution < -0.4 is 0 Å². The third-order valence-corrected chi connectivity index (χ3v) is 5.38. The number of pyridine rings is 1. The molecule has 1 heterocycles. The minimum Gasteiger partial charge on any atom is -0.303 e. The average molecular weight is 360 g/mol. The topological polar surface area (TPSA) is 30.0 Å².